The zero-order valence-corrected chi connectivity index (χ0v) is 17.1. The topological polar surface area (TPSA) is 64.8 Å². The molecule has 2 aliphatic rings. The van der Waals surface area contributed by atoms with Crippen molar-refractivity contribution < 1.29 is 9.90 Å². The average Bonchev–Trinajstić information content (AvgIpc) is 3.21. The van der Waals surface area contributed by atoms with Gasteiger partial charge in [0.15, 0.2) is 0 Å². The van der Waals surface area contributed by atoms with E-state index in [2.05, 4.69) is 28.9 Å². The normalized spacial score (nSPS) is 23.2. The van der Waals surface area contributed by atoms with E-state index >= 15 is 0 Å². The van der Waals surface area contributed by atoms with Gasteiger partial charge in [-0.05, 0) is 57.8 Å². The van der Waals surface area contributed by atoms with Crippen molar-refractivity contribution in [2.45, 2.75) is 45.2 Å². The van der Waals surface area contributed by atoms with E-state index in [-0.39, 0.29) is 24.0 Å². The number of amides is 1. The number of aryl methyl sites for hydroxylation is 1. The molecule has 0 radical (unpaired) electrons. The molecule has 2 aliphatic heterocycles. The van der Waals surface area contributed by atoms with E-state index in [0.717, 1.165) is 44.6 Å². The number of carbonyl (C=O) groups is 1. The number of carbonyl (C=O) groups excluding carboxylic acids is 1. The Bertz CT molecular complexity index is 624. The first-order valence-corrected chi connectivity index (χ1v) is 10.3. The van der Waals surface area contributed by atoms with Gasteiger partial charge in [-0.15, -0.1) is 0 Å². The monoisotopic (exact) mass is 377 g/mol. The number of nitrogens with zero attached hydrogens (tertiary/aromatic N) is 5. The zero-order valence-electron chi connectivity index (χ0n) is 17.1. The summed E-state index contributed by atoms with van der Waals surface area (Å²) in [5.74, 6) is 0.164. The number of likely N-dealkylation sites (tertiary alicyclic amines) is 2. The molecule has 152 valence electrons. The second kappa shape index (κ2) is 8.71. The predicted octanol–water partition coefficient (Wildman–Crippen LogP) is 0.937. The number of aromatic nitrogens is 2. The lowest BCUT2D eigenvalue weighted by Crippen LogP contribution is -2.46. The molecule has 7 nitrogen and oxygen atoms in total. The van der Waals surface area contributed by atoms with Crippen LogP contribution in [0.25, 0.3) is 0 Å². The van der Waals surface area contributed by atoms with Crippen molar-refractivity contribution in [3.63, 3.8) is 0 Å². The Balaban J connectivity index is 1.74. The summed E-state index contributed by atoms with van der Waals surface area (Å²) in [5.41, 5.74) is 1.29. The maximum Gasteiger partial charge on any atom is 0.240 e. The molecule has 1 aromatic rings. The highest BCUT2D eigenvalue weighted by Gasteiger charge is 2.48. The molecule has 0 aromatic carbocycles. The Morgan fingerprint density at radius 3 is 2.70 bits per heavy atom. The van der Waals surface area contributed by atoms with Gasteiger partial charge in [0.1, 0.15) is 0 Å². The van der Waals surface area contributed by atoms with E-state index in [9.17, 15) is 9.90 Å². The van der Waals surface area contributed by atoms with Gasteiger partial charge in [0.25, 0.3) is 0 Å². The van der Waals surface area contributed by atoms with Gasteiger partial charge in [0.05, 0.1) is 18.8 Å². The highest BCUT2D eigenvalue weighted by atomic mass is 16.3. The Morgan fingerprint density at radius 2 is 2.11 bits per heavy atom. The fraction of sp³-hybridized carbons (Fsp3) is 0.800. The largest absolute Gasteiger partial charge is 0.395 e. The van der Waals surface area contributed by atoms with Gasteiger partial charge in [-0.25, -0.2) is 0 Å². The maximum absolute atomic E-state index is 13.5. The van der Waals surface area contributed by atoms with Crippen molar-refractivity contribution in [1.82, 2.24) is 24.5 Å². The van der Waals surface area contributed by atoms with Crippen molar-refractivity contribution in [2.24, 2.45) is 12.5 Å². The molecule has 1 N–H and O–H groups in total. The maximum atomic E-state index is 13.5. The number of piperidine rings is 1. The number of aliphatic hydroxyl groups is 1. The van der Waals surface area contributed by atoms with Crippen molar-refractivity contribution in [3.8, 4) is 0 Å². The highest BCUT2D eigenvalue weighted by molar-refractivity contribution is 5.82. The van der Waals surface area contributed by atoms with Gasteiger partial charge in [-0.2, -0.15) is 5.10 Å². The number of hydrogen-bond donors (Lipinski definition) is 1. The van der Waals surface area contributed by atoms with Crippen LogP contribution < -0.4 is 0 Å². The Labute approximate surface area is 162 Å². The van der Waals surface area contributed by atoms with Gasteiger partial charge in [0.2, 0.25) is 5.91 Å². The molecule has 0 aliphatic carbocycles. The molecule has 0 saturated carbocycles. The first-order valence-electron chi connectivity index (χ1n) is 10.3. The van der Waals surface area contributed by atoms with E-state index in [1.54, 1.807) is 10.9 Å². The first kappa shape index (κ1) is 20.3. The van der Waals surface area contributed by atoms with Gasteiger partial charge in [-0.3, -0.25) is 14.4 Å². The summed E-state index contributed by atoms with van der Waals surface area (Å²) in [4.78, 5) is 20.1. The SMILES string of the molecule is CCCN1CC2(CCN(C)CC2)C[C@@H]1C(=O)N(CCO)Cc1cnn(C)c1. The van der Waals surface area contributed by atoms with E-state index in [0.29, 0.717) is 13.1 Å². The van der Waals surface area contributed by atoms with Crippen LogP contribution in [0.5, 0.6) is 0 Å². The van der Waals surface area contributed by atoms with Crippen LogP contribution in [0.1, 0.15) is 38.2 Å². The van der Waals surface area contributed by atoms with Crippen LogP contribution in [-0.2, 0) is 18.4 Å². The molecule has 2 saturated heterocycles. The number of hydrogen-bond acceptors (Lipinski definition) is 5. The third-order valence-corrected chi connectivity index (χ3v) is 6.26. The molecule has 0 unspecified atom stereocenters. The molecule has 3 heterocycles. The van der Waals surface area contributed by atoms with Gasteiger partial charge in [-0.1, -0.05) is 6.92 Å². The molecule has 7 heteroatoms. The minimum absolute atomic E-state index is 0.0115. The molecular formula is C20H35N5O2. The van der Waals surface area contributed by atoms with Crippen LogP contribution in [0.15, 0.2) is 12.4 Å². The molecule has 1 aromatic heterocycles. The summed E-state index contributed by atoms with van der Waals surface area (Å²) >= 11 is 0. The second-order valence-electron chi connectivity index (χ2n) is 8.50. The van der Waals surface area contributed by atoms with Gasteiger partial charge < -0.3 is 14.9 Å². The molecule has 3 rings (SSSR count). The summed E-state index contributed by atoms with van der Waals surface area (Å²) in [6, 6.07) is -0.0587. The molecule has 1 spiro atoms. The molecule has 1 atom stereocenters. The van der Waals surface area contributed by atoms with Crippen LogP contribution in [-0.4, -0.2) is 87.9 Å². The molecule has 1 amide bonds. The Kier molecular flexibility index (Phi) is 6.55. The standard InChI is InChI=1S/C20H35N5O2/c1-4-7-25-16-20(5-8-22(2)9-6-20)12-18(25)19(27)24(10-11-26)15-17-13-21-23(3)14-17/h13-14,18,26H,4-12,15-16H2,1-3H3/t18-/m1/s1. The molecular weight excluding hydrogens is 342 g/mol. The van der Waals surface area contributed by atoms with Crippen molar-refractivity contribution in [3.05, 3.63) is 18.0 Å². The highest BCUT2D eigenvalue weighted by Crippen LogP contribution is 2.43. The van der Waals surface area contributed by atoms with E-state index in [1.807, 2.05) is 18.1 Å². The van der Waals surface area contributed by atoms with Crippen LogP contribution in [0.3, 0.4) is 0 Å². The summed E-state index contributed by atoms with van der Waals surface area (Å²) < 4.78 is 1.75. The zero-order chi connectivity index (χ0) is 19.4. The van der Waals surface area contributed by atoms with E-state index < -0.39 is 0 Å². The Hall–Kier alpha value is -1.44. The smallest absolute Gasteiger partial charge is 0.240 e. The lowest BCUT2D eigenvalue weighted by atomic mass is 9.76. The Morgan fingerprint density at radius 1 is 1.37 bits per heavy atom. The first-order chi connectivity index (χ1) is 13.0. The lowest BCUT2D eigenvalue weighted by Gasteiger charge is -2.37. The average molecular weight is 378 g/mol. The lowest BCUT2D eigenvalue weighted by molar-refractivity contribution is -0.137. The fourth-order valence-electron chi connectivity index (χ4n) is 4.74. The predicted molar refractivity (Wildman–Crippen MR) is 105 cm³/mol. The third-order valence-electron chi connectivity index (χ3n) is 6.26. The summed E-state index contributed by atoms with van der Waals surface area (Å²) in [5, 5.41) is 13.7. The minimum Gasteiger partial charge on any atom is -0.395 e. The van der Waals surface area contributed by atoms with Crippen LogP contribution >= 0.6 is 0 Å². The second-order valence-corrected chi connectivity index (χ2v) is 8.50. The third kappa shape index (κ3) is 4.70. The van der Waals surface area contributed by atoms with Crippen molar-refractivity contribution in [2.75, 3.05) is 46.4 Å². The quantitative estimate of drug-likeness (QED) is 0.766. The number of aliphatic hydroxyl groups excluding tert-OH is 1. The van der Waals surface area contributed by atoms with Gasteiger partial charge >= 0.3 is 0 Å². The molecule has 27 heavy (non-hydrogen) atoms. The summed E-state index contributed by atoms with van der Waals surface area (Å²) in [7, 11) is 4.07. The van der Waals surface area contributed by atoms with Crippen molar-refractivity contribution >= 4 is 5.91 Å². The van der Waals surface area contributed by atoms with Crippen molar-refractivity contribution in [1.29, 1.82) is 0 Å². The van der Waals surface area contributed by atoms with Gasteiger partial charge in [0, 0.05) is 38.4 Å². The van der Waals surface area contributed by atoms with Crippen LogP contribution in [0.4, 0.5) is 0 Å². The summed E-state index contributed by atoms with van der Waals surface area (Å²) in [6.07, 6.45) is 8.10. The minimum atomic E-state index is -0.0587. The summed E-state index contributed by atoms with van der Waals surface area (Å²) in [6.45, 7) is 7.30. The number of rotatable bonds is 7. The molecule has 0 bridgehead atoms. The van der Waals surface area contributed by atoms with Crippen LogP contribution in [0, 0.1) is 5.41 Å². The van der Waals surface area contributed by atoms with E-state index in [1.165, 1.54) is 12.8 Å². The van der Waals surface area contributed by atoms with E-state index in [4.69, 9.17) is 0 Å². The molecule has 2 fully saturated rings. The fourth-order valence-corrected chi connectivity index (χ4v) is 4.74. The van der Waals surface area contributed by atoms with Crippen LogP contribution in [0.2, 0.25) is 0 Å².